The summed E-state index contributed by atoms with van der Waals surface area (Å²) in [6.07, 6.45) is 0.00889. The molecule has 0 aromatic heterocycles. The molecule has 0 aliphatic heterocycles. The van der Waals surface area contributed by atoms with Crippen molar-refractivity contribution in [3.63, 3.8) is 0 Å². The Bertz CT molecular complexity index is 535. The van der Waals surface area contributed by atoms with E-state index >= 15 is 0 Å². The Kier molecular flexibility index (Phi) is 5.59. The smallest absolute Gasteiger partial charge is 0.124 e. The highest BCUT2D eigenvalue weighted by atomic mass is 32.2. The highest BCUT2D eigenvalue weighted by Crippen LogP contribution is 2.20. The predicted octanol–water partition coefficient (Wildman–Crippen LogP) is 2.85. The summed E-state index contributed by atoms with van der Waals surface area (Å²) in [6, 6.07) is 15.9. The summed E-state index contributed by atoms with van der Waals surface area (Å²) in [5.41, 5.74) is 7.11. The molecule has 0 aliphatic rings. The zero-order valence-corrected chi connectivity index (χ0v) is 11.9. The van der Waals surface area contributed by atoms with E-state index in [1.807, 2.05) is 36.4 Å². The number of aliphatic hydroxyl groups excluding tert-OH is 1. The molecule has 0 saturated heterocycles. The first-order chi connectivity index (χ1) is 9.65. The number of rotatable bonds is 6. The van der Waals surface area contributed by atoms with Crippen LogP contribution >= 0.6 is 11.8 Å². The van der Waals surface area contributed by atoms with Crippen molar-refractivity contribution >= 4 is 11.8 Å². The highest BCUT2D eigenvalue weighted by molar-refractivity contribution is 7.99. The summed E-state index contributed by atoms with van der Waals surface area (Å²) in [5.74, 6) is 0.190. The molecule has 4 heteroatoms. The monoisotopic (exact) mass is 291 g/mol. The number of halogens is 1. The summed E-state index contributed by atoms with van der Waals surface area (Å²) >= 11 is 1.41. The summed E-state index contributed by atoms with van der Waals surface area (Å²) in [4.78, 5) is 0.802. The SMILES string of the molecule is NC(Cc1ccccc1)C(O)CSc1cccc(F)c1. The van der Waals surface area contributed by atoms with Crippen LogP contribution in [0.15, 0.2) is 59.5 Å². The molecule has 2 unspecified atom stereocenters. The zero-order valence-electron chi connectivity index (χ0n) is 11.1. The molecular formula is C16H18FNOS. The fourth-order valence-electron chi connectivity index (χ4n) is 1.88. The first-order valence-electron chi connectivity index (χ1n) is 6.51. The fourth-order valence-corrected chi connectivity index (χ4v) is 2.87. The Hall–Kier alpha value is -1.36. The van der Waals surface area contributed by atoms with E-state index in [1.54, 1.807) is 6.07 Å². The highest BCUT2D eigenvalue weighted by Gasteiger charge is 2.15. The van der Waals surface area contributed by atoms with Crippen LogP contribution in [-0.2, 0) is 6.42 Å². The van der Waals surface area contributed by atoms with Gasteiger partial charge in [0.25, 0.3) is 0 Å². The molecule has 0 aliphatic carbocycles. The molecule has 0 amide bonds. The van der Waals surface area contributed by atoms with Crippen molar-refractivity contribution in [2.45, 2.75) is 23.5 Å². The van der Waals surface area contributed by atoms with Crippen molar-refractivity contribution in [3.05, 3.63) is 66.0 Å². The Morgan fingerprint density at radius 2 is 1.85 bits per heavy atom. The molecule has 0 saturated carbocycles. The summed E-state index contributed by atoms with van der Waals surface area (Å²) < 4.78 is 13.0. The molecule has 0 radical (unpaired) electrons. The number of thioether (sulfide) groups is 1. The van der Waals surface area contributed by atoms with E-state index in [9.17, 15) is 9.50 Å². The third-order valence-electron chi connectivity index (χ3n) is 3.03. The zero-order chi connectivity index (χ0) is 14.4. The van der Waals surface area contributed by atoms with Gasteiger partial charge in [-0.1, -0.05) is 36.4 Å². The lowest BCUT2D eigenvalue weighted by atomic mass is 10.0. The first kappa shape index (κ1) is 15.0. The van der Waals surface area contributed by atoms with Gasteiger partial charge in [-0.15, -0.1) is 11.8 Å². The topological polar surface area (TPSA) is 46.2 Å². The lowest BCUT2D eigenvalue weighted by Crippen LogP contribution is -2.38. The van der Waals surface area contributed by atoms with Gasteiger partial charge in [0.2, 0.25) is 0 Å². The van der Waals surface area contributed by atoms with Crippen LogP contribution in [0.4, 0.5) is 4.39 Å². The van der Waals surface area contributed by atoms with Crippen LogP contribution in [-0.4, -0.2) is 23.0 Å². The van der Waals surface area contributed by atoms with E-state index in [-0.39, 0.29) is 11.9 Å². The number of hydrogen-bond acceptors (Lipinski definition) is 3. The molecular weight excluding hydrogens is 273 g/mol. The Labute approximate surface area is 122 Å². The minimum absolute atomic E-state index is 0.266. The maximum atomic E-state index is 13.0. The van der Waals surface area contributed by atoms with Crippen LogP contribution in [0, 0.1) is 5.82 Å². The van der Waals surface area contributed by atoms with Crippen LogP contribution in [0.2, 0.25) is 0 Å². The Balaban J connectivity index is 1.83. The molecule has 0 heterocycles. The molecule has 0 fully saturated rings. The molecule has 0 bridgehead atoms. The minimum atomic E-state index is -0.622. The van der Waals surface area contributed by atoms with E-state index < -0.39 is 6.10 Å². The van der Waals surface area contributed by atoms with Crippen molar-refractivity contribution in [1.82, 2.24) is 0 Å². The van der Waals surface area contributed by atoms with Gasteiger partial charge in [0.1, 0.15) is 5.82 Å². The van der Waals surface area contributed by atoms with E-state index in [2.05, 4.69) is 0 Å². The van der Waals surface area contributed by atoms with Crippen LogP contribution < -0.4 is 5.73 Å². The molecule has 2 aromatic rings. The van der Waals surface area contributed by atoms with Gasteiger partial charge in [-0.2, -0.15) is 0 Å². The average Bonchev–Trinajstić information content (AvgIpc) is 2.46. The van der Waals surface area contributed by atoms with Gasteiger partial charge in [-0.25, -0.2) is 4.39 Å². The third-order valence-corrected chi connectivity index (χ3v) is 4.12. The van der Waals surface area contributed by atoms with Crippen molar-refractivity contribution in [2.75, 3.05) is 5.75 Å². The van der Waals surface area contributed by atoms with Gasteiger partial charge in [-0.3, -0.25) is 0 Å². The number of aliphatic hydroxyl groups is 1. The van der Waals surface area contributed by atoms with Crippen LogP contribution in [0.1, 0.15) is 5.56 Å². The summed E-state index contributed by atoms with van der Waals surface area (Å²) in [7, 11) is 0. The fraction of sp³-hybridized carbons (Fsp3) is 0.250. The second kappa shape index (κ2) is 7.43. The van der Waals surface area contributed by atoms with Crippen molar-refractivity contribution < 1.29 is 9.50 Å². The van der Waals surface area contributed by atoms with Crippen molar-refractivity contribution in [2.24, 2.45) is 5.73 Å². The molecule has 0 spiro atoms. The normalized spacial score (nSPS) is 13.9. The molecule has 3 N–H and O–H groups in total. The van der Waals surface area contributed by atoms with Gasteiger partial charge < -0.3 is 10.8 Å². The van der Waals surface area contributed by atoms with E-state index in [0.29, 0.717) is 12.2 Å². The van der Waals surface area contributed by atoms with Crippen LogP contribution in [0.3, 0.4) is 0 Å². The molecule has 2 aromatic carbocycles. The molecule has 2 rings (SSSR count). The van der Waals surface area contributed by atoms with Gasteiger partial charge in [0.15, 0.2) is 0 Å². The minimum Gasteiger partial charge on any atom is -0.391 e. The standard InChI is InChI=1S/C16H18FNOS/c17-13-7-4-8-14(10-13)20-11-16(19)15(18)9-12-5-2-1-3-6-12/h1-8,10,15-16,19H,9,11,18H2. The summed E-state index contributed by atoms with van der Waals surface area (Å²) in [6.45, 7) is 0. The number of benzene rings is 2. The Morgan fingerprint density at radius 3 is 2.55 bits per heavy atom. The number of hydrogen-bond donors (Lipinski definition) is 2. The molecule has 106 valence electrons. The van der Waals surface area contributed by atoms with E-state index in [0.717, 1.165) is 10.5 Å². The lowest BCUT2D eigenvalue weighted by molar-refractivity contribution is 0.167. The van der Waals surface area contributed by atoms with Gasteiger partial charge in [0, 0.05) is 16.7 Å². The van der Waals surface area contributed by atoms with Gasteiger partial charge in [0.05, 0.1) is 6.10 Å². The molecule has 2 nitrogen and oxygen atoms in total. The van der Waals surface area contributed by atoms with E-state index in [1.165, 1.54) is 23.9 Å². The van der Waals surface area contributed by atoms with Gasteiger partial charge in [-0.05, 0) is 30.2 Å². The third kappa shape index (κ3) is 4.63. The second-order valence-electron chi connectivity index (χ2n) is 4.69. The maximum absolute atomic E-state index is 13.0. The Morgan fingerprint density at radius 1 is 1.10 bits per heavy atom. The van der Waals surface area contributed by atoms with Gasteiger partial charge >= 0.3 is 0 Å². The van der Waals surface area contributed by atoms with Crippen molar-refractivity contribution in [1.29, 1.82) is 0 Å². The predicted molar refractivity (Wildman–Crippen MR) is 81.3 cm³/mol. The second-order valence-corrected chi connectivity index (χ2v) is 5.78. The summed E-state index contributed by atoms with van der Waals surface area (Å²) in [5, 5.41) is 10.1. The quantitative estimate of drug-likeness (QED) is 0.805. The largest absolute Gasteiger partial charge is 0.391 e. The van der Waals surface area contributed by atoms with Crippen molar-refractivity contribution in [3.8, 4) is 0 Å². The average molecular weight is 291 g/mol. The molecule has 20 heavy (non-hydrogen) atoms. The lowest BCUT2D eigenvalue weighted by Gasteiger charge is -2.18. The first-order valence-corrected chi connectivity index (χ1v) is 7.49. The van der Waals surface area contributed by atoms with Crippen LogP contribution in [0.5, 0.6) is 0 Å². The van der Waals surface area contributed by atoms with E-state index in [4.69, 9.17) is 5.73 Å². The van der Waals surface area contributed by atoms with Crippen LogP contribution in [0.25, 0.3) is 0 Å². The number of nitrogens with two attached hydrogens (primary N) is 1. The molecule has 2 atom stereocenters. The maximum Gasteiger partial charge on any atom is 0.124 e.